The summed E-state index contributed by atoms with van der Waals surface area (Å²) in [6.45, 7) is -0.418. The molecule has 2 aromatic carbocycles. The molecule has 24 heavy (non-hydrogen) atoms. The van der Waals surface area contributed by atoms with Crippen LogP contribution in [0.1, 0.15) is 12.8 Å². The molecule has 1 aliphatic heterocycles. The van der Waals surface area contributed by atoms with Gasteiger partial charge in [-0.05, 0) is 22.9 Å². The van der Waals surface area contributed by atoms with E-state index < -0.39 is 18.5 Å². The lowest BCUT2D eigenvalue weighted by Gasteiger charge is -2.11. The van der Waals surface area contributed by atoms with Crippen LogP contribution in [0.2, 0.25) is 0 Å². The van der Waals surface area contributed by atoms with Gasteiger partial charge in [0.05, 0.1) is 0 Å². The fraction of sp³-hybridized carbons (Fsp3) is 0.176. The fourth-order valence-electron chi connectivity index (χ4n) is 2.30. The number of carbonyl (C=O) groups is 3. The van der Waals surface area contributed by atoms with E-state index in [0.717, 1.165) is 10.8 Å². The smallest absolute Gasteiger partial charge is 0.355 e. The molecule has 0 aliphatic carbocycles. The molecule has 122 valence electrons. The van der Waals surface area contributed by atoms with Gasteiger partial charge in [-0.25, -0.2) is 10.2 Å². The summed E-state index contributed by atoms with van der Waals surface area (Å²) in [6.07, 6.45) is 0.383. The minimum atomic E-state index is -0.705. The summed E-state index contributed by atoms with van der Waals surface area (Å²) in [4.78, 5) is 34.6. The van der Waals surface area contributed by atoms with Crippen molar-refractivity contribution in [3.8, 4) is 0 Å². The molecule has 0 atom stereocenters. The molecule has 0 spiro atoms. The average Bonchev–Trinajstić information content (AvgIpc) is 2.60. The lowest BCUT2D eigenvalue weighted by molar-refractivity contribution is -0.140. The van der Waals surface area contributed by atoms with E-state index in [2.05, 4.69) is 15.8 Å². The molecule has 2 N–H and O–H groups in total. The van der Waals surface area contributed by atoms with Crippen LogP contribution in [-0.4, -0.2) is 30.1 Å². The van der Waals surface area contributed by atoms with E-state index in [1.54, 1.807) is 6.07 Å². The Bertz CT molecular complexity index is 845. The van der Waals surface area contributed by atoms with E-state index in [9.17, 15) is 14.4 Å². The van der Waals surface area contributed by atoms with E-state index in [1.165, 1.54) is 0 Å². The monoisotopic (exact) mass is 325 g/mol. The number of hydrazone groups is 1. The van der Waals surface area contributed by atoms with Crippen molar-refractivity contribution >= 4 is 40.0 Å². The first-order chi connectivity index (χ1) is 11.6. The number of carbonyl (C=O) groups excluding carboxylic acids is 3. The molecule has 0 radical (unpaired) electrons. The van der Waals surface area contributed by atoms with Crippen LogP contribution in [-0.2, 0) is 19.1 Å². The van der Waals surface area contributed by atoms with E-state index >= 15 is 0 Å². The summed E-state index contributed by atoms with van der Waals surface area (Å²) in [5.41, 5.74) is 2.93. The predicted octanol–water partition coefficient (Wildman–Crippen LogP) is 1.59. The van der Waals surface area contributed by atoms with Gasteiger partial charge in [-0.15, -0.1) is 0 Å². The van der Waals surface area contributed by atoms with Gasteiger partial charge in [0.25, 0.3) is 5.91 Å². The van der Waals surface area contributed by atoms with Crippen molar-refractivity contribution in [2.24, 2.45) is 5.10 Å². The predicted molar refractivity (Wildman–Crippen MR) is 88.3 cm³/mol. The Kier molecular flexibility index (Phi) is 4.51. The highest BCUT2D eigenvalue weighted by Gasteiger charge is 2.20. The Labute approximate surface area is 137 Å². The molecule has 7 heteroatoms. The number of ether oxygens (including phenoxy) is 1. The SMILES string of the molecule is O=C1CCC(C(=O)OCC(=O)Nc2ccc3ccccc3c2)=NN1. The Morgan fingerprint density at radius 3 is 2.67 bits per heavy atom. The van der Waals surface area contributed by atoms with Gasteiger partial charge in [-0.2, -0.15) is 5.10 Å². The van der Waals surface area contributed by atoms with Crippen LogP contribution in [0.3, 0.4) is 0 Å². The van der Waals surface area contributed by atoms with E-state index in [0.29, 0.717) is 5.69 Å². The third kappa shape index (κ3) is 3.75. The number of amides is 2. The number of fused-ring (bicyclic) bond motifs is 1. The van der Waals surface area contributed by atoms with Crippen LogP contribution in [0.4, 0.5) is 5.69 Å². The first-order valence-corrected chi connectivity index (χ1v) is 7.43. The fourth-order valence-corrected chi connectivity index (χ4v) is 2.30. The largest absolute Gasteiger partial charge is 0.451 e. The number of esters is 1. The van der Waals surface area contributed by atoms with Crippen LogP contribution >= 0.6 is 0 Å². The zero-order chi connectivity index (χ0) is 16.9. The molecule has 0 saturated heterocycles. The van der Waals surface area contributed by atoms with Crippen molar-refractivity contribution in [1.29, 1.82) is 0 Å². The lowest BCUT2D eigenvalue weighted by Crippen LogP contribution is -2.32. The lowest BCUT2D eigenvalue weighted by atomic mass is 10.1. The Hall–Kier alpha value is -3.22. The summed E-state index contributed by atoms with van der Waals surface area (Å²) >= 11 is 0. The maximum atomic E-state index is 11.9. The summed E-state index contributed by atoms with van der Waals surface area (Å²) < 4.78 is 4.91. The van der Waals surface area contributed by atoms with Crippen molar-refractivity contribution in [3.63, 3.8) is 0 Å². The summed E-state index contributed by atoms with van der Waals surface area (Å²) in [5, 5.41) is 8.36. The van der Waals surface area contributed by atoms with Gasteiger partial charge < -0.3 is 10.1 Å². The number of benzene rings is 2. The maximum absolute atomic E-state index is 11.9. The molecule has 0 fully saturated rings. The molecule has 1 aliphatic rings. The number of anilines is 1. The van der Waals surface area contributed by atoms with Crippen LogP contribution in [0.15, 0.2) is 47.6 Å². The molecule has 0 saturated carbocycles. The van der Waals surface area contributed by atoms with Crippen LogP contribution in [0.25, 0.3) is 10.8 Å². The van der Waals surface area contributed by atoms with Crippen molar-refractivity contribution in [1.82, 2.24) is 5.43 Å². The highest BCUT2D eigenvalue weighted by molar-refractivity contribution is 6.37. The van der Waals surface area contributed by atoms with Gasteiger partial charge in [0.1, 0.15) is 5.71 Å². The maximum Gasteiger partial charge on any atom is 0.355 e. The second kappa shape index (κ2) is 6.91. The number of hydrogen-bond donors (Lipinski definition) is 2. The molecule has 0 bridgehead atoms. The van der Waals surface area contributed by atoms with Gasteiger partial charge in [-0.1, -0.05) is 30.3 Å². The Balaban J connectivity index is 1.55. The van der Waals surface area contributed by atoms with Gasteiger partial charge in [0, 0.05) is 18.5 Å². The average molecular weight is 325 g/mol. The van der Waals surface area contributed by atoms with Crippen molar-refractivity contribution < 1.29 is 19.1 Å². The van der Waals surface area contributed by atoms with Gasteiger partial charge in [-0.3, -0.25) is 9.59 Å². The minimum Gasteiger partial charge on any atom is -0.451 e. The number of nitrogens with one attached hydrogen (secondary N) is 2. The standard InChI is InChI=1S/C17H15N3O4/c21-15-8-7-14(19-20-15)17(23)24-10-16(22)18-13-6-5-11-3-1-2-4-12(11)9-13/h1-6,9H,7-8,10H2,(H,18,22)(H,20,21). The number of hydrogen-bond acceptors (Lipinski definition) is 5. The zero-order valence-corrected chi connectivity index (χ0v) is 12.7. The highest BCUT2D eigenvalue weighted by Crippen LogP contribution is 2.18. The summed E-state index contributed by atoms with van der Waals surface area (Å²) in [7, 11) is 0. The molecular weight excluding hydrogens is 310 g/mol. The second-order valence-corrected chi connectivity index (χ2v) is 5.28. The second-order valence-electron chi connectivity index (χ2n) is 5.28. The summed E-state index contributed by atoms with van der Waals surface area (Å²) in [6, 6.07) is 13.3. The van der Waals surface area contributed by atoms with E-state index in [4.69, 9.17) is 4.74 Å². The third-order valence-corrected chi connectivity index (χ3v) is 3.51. The number of rotatable bonds is 4. The van der Waals surface area contributed by atoms with Crippen molar-refractivity contribution in [2.45, 2.75) is 12.8 Å². The van der Waals surface area contributed by atoms with Crippen molar-refractivity contribution in [3.05, 3.63) is 42.5 Å². The van der Waals surface area contributed by atoms with Gasteiger partial charge in [0.2, 0.25) is 5.91 Å². The first-order valence-electron chi connectivity index (χ1n) is 7.43. The molecule has 0 aromatic heterocycles. The molecule has 0 unspecified atom stereocenters. The number of nitrogens with zero attached hydrogens (tertiary/aromatic N) is 1. The van der Waals surface area contributed by atoms with Gasteiger partial charge in [0.15, 0.2) is 6.61 Å². The van der Waals surface area contributed by atoms with Crippen LogP contribution in [0.5, 0.6) is 0 Å². The topological polar surface area (TPSA) is 96.9 Å². The third-order valence-electron chi connectivity index (χ3n) is 3.51. The molecular formula is C17H15N3O4. The first kappa shape index (κ1) is 15.7. The van der Waals surface area contributed by atoms with Crippen LogP contribution < -0.4 is 10.7 Å². The molecule has 7 nitrogen and oxygen atoms in total. The molecule has 3 rings (SSSR count). The Morgan fingerprint density at radius 2 is 1.92 bits per heavy atom. The van der Waals surface area contributed by atoms with Crippen molar-refractivity contribution in [2.75, 3.05) is 11.9 Å². The highest BCUT2D eigenvalue weighted by atomic mass is 16.5. The normalized spacial score (nSPS) is 13.8. The quantitative estimate of drug-likeness (QED) is 0.834. The molecule has 2 aromatic rings. The van der Waals surface area contributed by atoms with Gasteiger partial charge >= 0.3 is 5.97 Å². The van der Waals surface area contributed by atoms with E-state index in [1.807, 2.05) is 36.4 Å². The molecule has 1 heterocycles. The minimum absolute atomic E-state index is 0.105. The zero-order valence-electron chi connectivity index (χ0n) is 12.7. The Morgan fingerprint density at radius 1 is 1.12 bits per heavy atom. The summed E-state index contributed by atoms with van der Waals surface area (Å²) in [5.74, 6) is -1.40. The molecule has 2 amide bonds. The van der Waals surface area contributed by atoms with E-state index in [-0.39, 0.29) is 24.5 Å². The van der Waals surface area contributed by atoms with Crippen LogP contribution in [0, 0.1) is 0 Å².